The number of hydrogen-bond acceptors (Lipinski definition) is 3. The molecular weight excluding hydrogens is 208 g/mol. The number of rotatable bonds is 6. The Hall–Kier alpha value is -1.39. The third-order valence-corrected chi connectivity index (χ3v) is 2.16. The molecule has 0 saturated carbocycles. The van der Waals surface area contributed by atoms with E-state index in [9.17, 15) is 4.79 Å². The van der Waals surface area contributed by atoms with Crippen LogP contribution in [0.4, 0.5) is 0 Å². The van der Waals surface area contributed by atoms with Crippen molar-refractivity contribution < 1.29 is 19.7 Å². The van der Waals surface area contributed by atoms with Gasteiger partial charge in [0.15, 0.2) is 6.10 Å². The van der Waals surface area contributed by atoms with Crippen LogP contribution in [0.15, 0.2) is 24.3 Å². The fourth-order valence-corrected chi connectivity index (χ4v) is 1.41. The van der Waals surface area contributed by atoms with Gasteiger partial charge in [0.25, 0.3) is 0 Å². The van der Waals surface area contributed by atoms with Crippen molar-refractivity contribution in [3.8, 4) is 0 Å². The molecule has 0 saturated heterocycles. The van der Waals surface area contributed by atoms with Gasteiger partial charge in [0.05, 0.1) is 6.61 Å². The van der Waals surface area contributed by atoms with Crippen LogP contribution in [-0.2, 0) is 9.53 Å². The van der Waals surface area contributed by atoms with E-state index in [4.69, 9.17) is 14.9 Å². The Labute approximate surface area is 94.5 Å². The van der Waals surface area contributed by atoms with E-state index in [-0.39, 0.29) is 13.2 Å². The standard InChI is InChI=1S/C12H16O4/c1-9-4-2-5-10(8-9)11(12(14)15)16-7-3-6-13/h2,4-5,8,11,13H,3,6-7H2,1H3,(H,14,15). The highest BCUT2D eigenvalue weighted by molar-refractivity contribution is 5.74. The molecule has 0 radical (unpaired) electrons. The average Bonchev–Trinajstić information content (AvgIpc) is 2.24. The summed E-state index contributed by atoms with van der Waals surface area (Å²) in [7, 11) is 0. The number of carboxylic acid groups (broad SMARTS) is 1. The minimum absolute atomic E-state index is 0.000155. The fourth-order valence-electron chi connectivity index (χ4n) is 1.41. The molecule has 1 atom stereocenters. The summed E-state index contributed by atoms with van der Waals surface area (Å²) in [6.07, 6.45) is -0.512. The number of carbonyl (C=O) groups is 1. The Kier molecular flexibility index (Phi) is 4.95. The van der Waals surface area contributed by atoms with Crippen LogP contribution in [0.3, 0.4) is 0 Å². The van der Waals surface area contributed by atoms with Gasteiger partial charge in [-0.2, -0.15) is 0 Å². The highest BCUT2D eigenvalue weighted by atomic mass is 16.5. The van der Waals surface area contributed by atoms with Crippen LogP contribution >= 0.6 is 0 Å². The van der Waals surface area contributed by atoms with Gasteiger partial charge in [0.1, 0.15) is 0 Å². The van der Waals surface area contributed by atoms with Crippen LogP contribution in [0.25, 0.3) is 0 Å². The summed E-state index contributed by atoms with van der Waals surface area (Å²) >= 11 is 0. The van der Waals surface area contributed by atoms with Gasteiger partial charge in [-0.15, -0.1) is 0 Å². The predicted octanol–water partition coefficient (Wildman–Crippen LogP) is 1.52. The molecule has 0 aliphatic carbocycles. The van der Waals surface area contributed by atoms with Gasteiger partial charge in [0, 0.05) is 6.61 Å². The number of aryl methyl sites for hydroxylation is 1. The number of aliphatic hydroxyl groups excluding tert-OH is 1. The largest absolute Gasteiger partial charge is 0.479 e. The van der Waals surface area contributed by atoms with Crippen molar-refractivity contribution >= 4 is 5.97 Å². The first kappa shape index (κ1) is 12.7. The van der Waals surface area contributed by atoms with Gasteiger partial charge in [-0.25, -0.2) is 4.79 Å². The van der Waals surface area contributed by atoms with Gasteiger partial charge in [0.2, 0.25) is 0 Å². The summed E-state index contributed by atoms with van der Waals surface area (Å²) in [4.78, 5) is 11.0. The minimum Gasteiger partial charge on any atom is -0.479 e. The van der Waals surface area contributed by atoms with Crippen molar-refractivity contribution in [2.45, 2.75) is 19.4 Å². The Morgan fingerprint density at radius 2 is 2.25 bits per heavy atom. The van der Waals surface area contributed by atoms with Gasteiger partial charge < -0.3 is 14.9 Å². The molecule has 1 rings (SSSR count). The lowest BCUT2D eigenvalue weighted by Crippen LogP contribution is -2.16. The molecule has 0 spiro atoms. The van der Waals surface area contributed by atoms with Crippen LogP contribution in [0.1, 0.15) is 23.7 Å². The molecule has 0 fully saturated rings. The second-order valence-electron chi connectivity index (χ2n) is 3.58. The molecule has 0 aliphatic rings. The highest BCUT2D eigenvalue weighted by Gasteiger charge is 2.20. The van der Waals surface area contributed by atoms with Crippen molar-refractivity contribution in [3.05, 3.63) is 35.4 Å². The molecule has 16 heavy (non-hydrogen) atoms. The maximum Gasteiger partial charge on any atom is 0.337 e. The van der Waals surface area contributed by atoms with Gasteiger partial charge in [-0.3, -0.25) is 0 Å². The zero-order valence-corrected chi connectivity index (χ0v) is 9.22. The molecule has 1 aromatic rings. The lowest BCUT2D eigenvalue weighted by atomic mass is 10.1. The van der Waals surface area contributed by atoms with Gasteiger partial charge in [-0.05, 0) is 18.9 Å². The fraction of sp³-hybridized carbons (Fsp3) is 0.417. The summed E-state index contributed by atoms with van der Waals surface area (Å²) in [5, 5.41) is 17.6. The van der Waals surface area contributed by atoms with E-state index < -0.39 is 12.1 Å². The molecule has 1 aromatic carbocycles. The Morgan fingerprint density at radius 3 is 2.81 bits per heavy atom. The summed E-state index contributed by atoms with van der Waals surface area (Å²) in [5.74, 6) is -1.01. The molecule has 4 nitrogen and oxygen atoms in total. The monoisotopic (exact) mass is 224 g/mol. The van der Waals surface area contributed by atoms with Crippen LogP contribution in [0.5, 0.6) is 0 Å². The molecule has 0 aromatic heterocycles. The Balaban J connectivity index is 2.73. The smallest absolute Gasteiger partial charge is 0.337 e. The summed E-state index contributed by atoms with van der Waals surface area (Å²) in [6, 6.07) is 7.22. The number of hydrogen-bond donors (Lipinski definition) is 2. The lowest BCUT2D eigenvalue weighted by Gasteiger charge is -2.14. The lowest BCUT2D eigenvalue weighted by molar-refractivity contribution is -0.151. The zero-order chi connectivity index (χ0) is 12.0. The number of benzene rings is 1. The first-order valence-electron chi connectivity index (χ1n) is 5.17. The number of aliphatic hydroxyl groups is 1. The third-order valence-electron chi connectivity index (χ3n) is 2.16. The molecule has 0 aliphatic heterocycles. The topological polar surface area (TPSA) is 66.8 Å². The number of ether oxygens (including phenoxy) is 1. The van der Waals surface area contributed by atoms with Crippen LogP contribution in [-0.4, -0.2) is 29.4 Å². The number of aliphatic carboxylic acids is 1. The average molecular weight is 224 g/mol. The van der Waals surface area contributed by atoms with Crippen LogP contribution < -0.4 is 0 Å². The molecule has 0 heterocycles. The summed E-state index contributed by atoms with van der Waals surface area (Å²) in [6.45, 7) is 2.14. The second-order valence-corrected chi connectivity index (χ2v) is 3.58. The molecule has 1 unspecified atom stereocenters. The number of carboxylic acids is 1. The van der Waals surface area contributed by atoms with Crippen LogP contribution in [0.2, 0.25) is 0 Å². The SMILES string of the molecule is Cc1cccc(C(OCCCO)C(=O)O)c1. The quantitative estimate of drug-likeness (QED) is 0.719. The van der Waals surface area contributed by atoms with Gasteiger partial charge in [-0.1, -0.05) is 29.8 Å². The van der Waals surface area contributed by atoms with E-state index >= 15 is 0 Å². The van der Waals surface area contributed by atoms with Crippen molar-refractivity contribution in [1.82, 2.24) is 0 Å². The highest BCUT2D eigenvalue weighted by Crippen LogP contribution is 2.19. The normalized spacial score (nSPS) is 12.4. The van der Waals surface area contributed by atoms with E-state index in [0.717, 1.165) is 5.56 Å². The molecular formula is C12H16O4. The van der Waals surface area contributed by atoms with Gasteiger partial charge >= 0.3 is 5.97 Å². The molecule has 2 N–H and O–H groups in total. The predicted molar refractivity (Wildman–Crippen MR) is 59.2 cm³/mol. The maximum atomic E-state index is 11.0. The van der Waals surface area contributed by atoms with Crippen molar-refractivity contribution in [2.75, 3.05) is 13.2 Å². The van der Waals surface area contributed by atoms with Crippen LogP contribution in [0, 0.1) is 6.92 Å². The van der Waals surface area contributed by atoms with E-state index in [1.54, 1.807) is 18.2 Å². The third kappa shape index (κ3) is 3.64. The van der Waals surface area contributed by atoms with E-state index in [0.29, 0.717) is 12.0 Å². The van der Waals surface area contributed by atoms with Crippen molar-refractivity contribution in [3.63, 3.8) is 0 Å². The van der Waals surface area contributed by atoms with E-state index in [1.807, 2.05) is 13.0 Å². The Bertz CT molecular complexity index is 349. The molecule has 88 valence electrons. The first-order valence-corrected chi connectivity index (χ1v) is 5.17. The molecule has 0 amide bonds. The second kappa shape index (κ2) is 6.25. The first-order chi connectivity index (χ1) is 7.65. The summed E-state index contributed by atoms with van der Waals surface area (Å²) < 4.78 is 5.23. The zero-order valence-electron chi connectivity index (χ0n) is 9.22. The van der Waals surface area contributed by atoms with E-state index in [1.165, 1.54) is 0 Å². The Morgan fingerprint density at radius 1 is 1.50 bits per heavy atom. The molecule has 4 heteroatoms. The maximum absolute atomic E-state index is 11.0. The minimum atomic E-state index is -1.01. The van der Waals surface area contributed by atoms with E-state index in [2.05, 4.69) is 0 Å². The molecule has 0 bridgehead atoms. The van der Waals surface area contributed by atoms with Crippen molar-refractivity contribution in [2.24, 2.45) is 0 Å². The summed E-state index contributed by atoms with van der Waals surface area (Å²) in [5.41, 5.74) is 1.62. The van der Waals surface area contributed by atoms with Crippen molar-refractivity contribution in [1.29, 1.82) is 0 Å².